The van der Waals surface area contributed by atoms with E-state index in [-0.39, 0.29) is 6.42 Å². The van der Waals surface area contributed by atoms with E-state index in [4.69, 9.17) is 14.6 Å². The molecule has 3 N–H and O–H groups in total. The number of ether oxygens (including phenoxy) is 2. The summed E-state index contributed by atoms with van der Waals surface area (Å²) in [6.45, 7) is -0.598. The summed E-state index contributed by atoms with van der Waals surface area (Å²) in [5, 5.41) is 20.2. The molecular weight excluding hydrogens is 259 g/mol. The number of carbonyl (C=O) groups excluding carboxylic acids is 1. The van der Waals surface area contributed by atoms with Gasteiger partial charge >= 0.3 is 12.1 Å². The summed E-state index contributed by atoms with van der Waals surface area (Å²) >= 11 is 0. The van der Waals surface area contributed by atoms with Gasteiger partial charge in [0.25, 0.3) is 0 Å². The minimum Gasteiger partial charge on any atom is -0.394 e. The van der Waals surface area contributed by atoms with Crippen molar-refractivity contribution in [1.29, 1.82) is 0 Å². The number of alkyl halides is 3. The number of methoxy groups -OCH3 is 1. The van der Waals surface area contributed by atoms with Gasteiger partial charge < -0.3 is 25.0 Å². The molecule has 0 saturated carbocycles. The van der Waals surface area contributed by atoms with Crippen LogP contribution < -0.4 is 5.32 Å². The quantitative estimate of drug-likeness (QED) is 0.623. The second-order valence-corrected chi connectivity index (χ2v) is 3.83. The second-order valence-electron chi connectivity index (χ2n) is 3.83. The third kappa shape index (κ3) is 3.55. The van der Waals surface area contributed by atoms with Gasteiger partial charge in [-0.2, -0.15) is 13.2 Å². The summed E-state index contributed by atoms with van der Waals surface area (Å²) in [6, 6.07) is -1.20. The summed E-state index contributed by atoms with van der Waals surface area (Å²) in [7, 11) is 1.26. The average molecular weight is 273 g/mol. The van der Waals surface area contributed by atoms with Crippen LogP contribution in [0.2, 0.25) is 0 Å². The van der Waals surface area contributed by atoms with E-state index in [1.165, 1.54) is 7.11 Å². The van der Waals surface area contributed by atoms with E-state index < -0.39 is 43.2 Å². The molecule has 0 unspecified atom stereocenters. The first-order chi connectivity index (χ1) is 8.29. The summed E-state index contributed by atoms with van der Waals surface area (Å²) < 4.78 is 46.1. The van der Waals surface area contributed by atoms with Crippen LogP contribution in [0, 0.1) is 0 Å². The number of aliphatic hydroxyl groups excluding tert-OH is 2. The van der Waals surface area contributed by atoms with Crippen molar-refractivity contribution in [2.75, 3.05) is 13.7 Å². The van der Waals surface area contributed by atoms with Gasteiger partial charge in [0, 0.05) is 13.5 Å². The summed E-state index contributed by atoms with van der Waals surface area (Å²) in [5.74, 6) is -2.15. The van der Waals surface area contributed by atoms with Gasteiger partial charge in [0.15, 0.2) is 6.29 Å². The Hall–Kier alpha value is -0.900. The van der Waals surface area contributed by atoms with Crippen LogP contribution in [-0.4, -0.2) is 60.6 Å². The number of nitrogens with one attached hydrogen (secondary N) is 1. The zero-order valence-electron chi connectivity index (χ0n) is 9.48. The SMILES string of the molecule is CO[C@H]1C[C@H](NC(=O)C(F)(F)F)[C@H](O)[C@H](CO)O1. The summed E-state index contributed by atoms with van der Waals surface area (Å²) in [6.07, 6.45) is -8.62. The molecule has 0 radical (unpaired) electrons. The highest BCUT2D eigenvalue weighted by molar-refractivity contribution is 5.82. The molecule has 1 rings (SSSR count). The summed E-state index contributed by atoms with van der Waals surface area (Å²) in [4.78, 5) is 10.8. The molecule has 1 aliphatic heterocycles. The Bertz CT molecular complexity index is 298. The first kappa shape index (κ1) is 15.2. The zero-order valence-corrected chi connectivity index (χ0v) is 9.48. The Morgan fingerprint density at radius 3 is 2.61 bits per heavy atom. The lowest BCUT2D eigenvalue weighted by atomic mass is 9.99. The maximum atomic E-state index is 12.1. The van der Waals surface area contributed by atoms with Crippen LogP contribution in [0.25, 0.3) is 0 Å². The van der Waals surface area contributed by atoms with Crippen LogP contribution >= 0.6 is 0 Å². The summed E-state index contributed by atoms with van der Waals surface area (Å²) in [5.41, 5.74) is 0. The molecule has 4 atom stereocenters. The van der Waals surface area contributed by atoms with Crippen molar-refractivity contribution in [3.63, 3.8) is 0 Å². The molecular formula is C9H14F3NO5. The van der Waals surface area contributed by atoms with E-state index in [1.807, 2.05) is 0 Å². The van der Waals surface area contributed by atoms with E-state index in [0.29, 0.717) is 0 Å². The highest BCUT2D eigenvalue weighted by Gasteiger charge is 2.44. The van der Waals surface area contributed by atoms with Crippen LogP contribution in [-0.2, 0) is 14.3 Å². The van der Waals surface area contributed by atoms with Gasteiger partial charge in [-0.1, -0.05) is 0 Å². The minimum atomic E-state index is -5.03. The number of carbonyl (C=O) groups is 1. The van der Waals surface area contributed by atoms with E-state index >= 15 is 0 Å². The number of amides is 1. The smallest absolute Gasteiger partial charge is 0.394 e. The van der Waals surface area contributed by atoms with Gasteiger partial charge in [-0.25, -0.2) is 0 Å². The fourth-order valence-electron chi connectivity index (χ4n) is 1.63. The van der Waals surface area contributed by atoms with E-state index in [1.54, 1.807) is 5.32 Å². The van der Waals surface area contributed by atoms with Crippen molar-refractivity contribution in [3.8, 4) is 0 Å². The Balaban J connectivity index is 2.70. The largest absolute Gasteiger partial charge is 0.471 e. The minimum absolute atomic E-state index is 0.143. The Kier molecular flexibility index (Phi) is 4.91. The second kappa shape index (κ2) is 5.83. The molecule has 1 heterocycles. The highest BCUT2D eigenvalue weighted by atomic mass is 19.4. The number of hydrogen-bond acceptors (Lipinski definition) is 5. The molecule has 1 amide bonds. The first-order valence-corrected chi connectivity index (χ1v) is 5.14. The standard InChI is InChI=1S/C9H14F3NO5/c1-17-6-2-4(7(15)5(3-14)18-6)13-8(16)9(10,11)12/h4-7,14-15H,2-3H2,1H3,(H,13,16)/t4-,5-,6+,7-/m0/s1. The Morgan fingerprint density at radius 2 is 2.17 bits per heavy atom. The normalized spacial score (nSPS) is 33.2. The molecule has 0 aromatic rings. The van der Waals surface area contributed by atoms with Crippen molar-refractivity contribution in [1.82, 2.24) is 5.32 Å². The van der Waals surface area contributed by atoms with Gasteiger partial charge in [0.2, 0.25) is 0 Å². The molecule has 1 saturated heterocycles. The Morgan fingerprint density at radius 1 is 1.56 bits per heavy atom. The molecule has 6 nitrogen and oxygen atoms in total. The van der Waals surface area contributed by atoms with Crippen LogP contribution in [0.1, 0.15) is 6.42 Å². The highest BCUT2D eigenvalue weighted by Crippen LogP contribution is 2.22. The van der Waals surface area contributed by atoms with Crippen molar-refractivity contribution < 1.29 is 37.7 Å². The maximum Gasteiger partial charge on any atom is 0.471 e. The predicted octanol–water partition coefficient (Wildman–Crippen LogP) is -0.852. The van der Waals surface area contributed by atoms with Crippen LogP contribution in [0.5, 0.6) is 0 Å². The number of hydrogen-bond donors (Lipinski definition) is 3. The van der Waals surface area contributed by atoms with Crippen molar-refractivity contribution in [2.45, 2.75) is 37.1 Å². The van der Waals surface area contributed by atoms with Gasteiger partial charge in [-0.15, -0.1) is 0 Å². The number of halogens is 3. The van der Waals surface area contributed by atoms with Crippen LogP contribution in [0.4, 0.5) is 13.2 Å². The number of aliphatic hydroxyl groups is 2. The van der Waals surface area contributed by atoms with Crippen LogP contribution in [0.15, 0.2) is 0 Å². The molecule has 1 aliphatic rings. The monoisotopic (exact) mass is 273 g/mol. The molecule has 18 heavy (non-hydrogen) atoms. The lowest BCUT2D eigenvalue weighted by Gasteiger charge is -2.38. The molecule has 0 bridgehead atoms. The van der Waals surface area contributed by atoms with E-state index in [2.05, 4.69) is 0 Å². The topological polar surface area (TPSA) is 88.0 Å². The fourth-order valence-corrected chi connectivity index (χ4v) is 1.63. The first-order valence-electron chi connectivity index (χ1n) is 5.14. The molecule has 0 aromatic heterocycles. The molecule has 0 aliphatic carbocycles. The van der Waals surface area contributed by atoms with Crippen LogP contribution in [0.3, 0.4) is 0 Å². The third-order valence-corrected chi connectivity index (χ3v) is 2.58. The molecule has 1 fully saturated rings. The molecule has 0 aromatic carbocycles. The van der Waals surface area contributed by atoms with Gasteiger partial charge in [-0.05, 0) is 0 Å². The Labute approximate surface area is 101 Å². The molecule has 106 valence electrons. The molecule has 0 spiro atoms. The van der Waals surface area contributed by atoms with Gasteiger partial charge in [-0.3, -0.25) is 4.79 Å². The third-order valence-electron chi connectivity index (χ3n) is 2.58. The zero-order chi connectivity index (χ0) is 13.9. The van der Waals surface area contributed by atoms with Gasteiger partial charge in [0.05, 0.1) is 12.6 Å². The lowest BCUT2D eigenvalue weighted by molar-refractivity contribution is -0.230. The average Bonchev–Trinajstić information content (AvgIpc) is 2.30. The van der Waals surface area contributed by atoms with Gasteiger partial charge in [0.1, 0.15) is 12.2 Å². The molecule has 9 heteroatoms. The fraction of sp³-hybridized carbons (Fsp3) is 0.889. The van der Waals surface area contributed by atoms with Crippen molar-refractivity contribution in [3.05, 3.63) is 0 Å². The van der Waals surface area contributed by atoms with Crippen molar-refractivity contribution in [2.24, 2.45) is 0 Å². The van der Waals surface area contributed by atoms with E-state index in [9.17, 15) is 23.1 Å². The van der Waals surface area contributed by atoms with E-state index in [0.717, 1.165) is 0 Å². The predicted molar refractivity (Wildman–Crippen MR) is 51.4 cm³/mol. The van der Waals surface area contributed by atoms with Crippen molar-refractivity contribution >= 4 is 5.91 Å². The maximum absolute atomic E-state index is 12.1. The number of rotatable bonds is 3. The lowest BCUT2D eigenvalue weighted by Crippen LogP contribution is -2.58.